The van der Waals surface area contributed by atoms with E-state index in [0.29, 0.717) is 0 Å². The summed E-state index contributed by atoms with van der Waals surface area (Å²) in [5.41, 5.74) is 2.92. The molecule has 0 fully saturated rings. The molecule has 0 nitrogen and oxygen atoms in total. The summed E-state index contributed by atoms with van der Waals surface area (Å²) in [6.07, 6.45) is 6.64. The number of allylic oxidation sites excluding steroid dienone is 2. The molecule has 2 heteroatoms. The molecule has 0 unspecified atom stereocenters. The fourth-order valence-corrected chi connectivity index (χ4v) is 2.91. The summed E-state index contributed by atoms with van der Waals surface area (Å²) in [5, 5.41) is 2.62. The van der Waals surface area contributed by atoms with Gasteiger partial charge in [-0.05, 0) is 78.7 Å². The highest BCUT2D eigenvalue weighted by molar-refractivity contribution is 9.13. The minimum Gasteiger partial charge on any atom is -0.0838 e. The largest absolute Gasteiger partial charge is 0.0838 e. The van der Waals surface area contributed by atoms with Gasteiger partial charge in [0.15, 0.2) is 0 Å². The summed E-state index contributed by atoms with van der Waals surface area (Å²) in [7, 11) is 0. The Hall–Kier alpha value is -0.600. The van der Waals surface area contributed by atoms with Crippen LogP contribution in [0.1, 0.15) is 11.1 Å². The molecule has 0 N–H and O–H groups in total. The van der Waals surface area contributed by atoms with Gasteiger partial charge in [0.1, 0.15) is 0 Å². The van der Waals surface area contributed by atoms with Crippen molar-refractivity contribution in [1.29, 1.82) is 0 Å². The van der Waals surface area contributed by atoms with Crippen molar-refractivity contribution in [2.45, 2.75) is 12.8 Å². The Morgan fingerprint density at radius 3 is 1.56 bits per heavy atom. The van der Waals surface area contributed by atoms with Gasteiger partial charge in [0.2, 0.25) is 0 Å². The van der Waals surface area contributed by atoms with Crippen molar-refractivity contribution < 1.29 is 0 Å². The molecule has 80 valence electrons. The second kappa shape index (κ2) is 4.01. The molecule has 0 saturated heterocycles. The molecule has 16 heavy (non-hydrogen) atoms. The Bertz CT molecular complexity index is 545. The third-order valence-electron chi connectivity index (χ3n) is 3.04. The van der Waals surface area contributed by atoms with Gasteiger partial charge >= 0.3 is 0 Å². The predicted molar refractivity (Wildman–Crippen MR) is 75.9 cm³/mol. The van der Waals surface area contributed by atoms with Gasteiger partial charge in [0.05, 0.1) is 0 Å². The normalized spacial score (nSPS) is 14.1. The van der Waals surface area contributed by atoms with Gasteiger partial charge in [0, 0.05) is 8.95 Å². The minimum absolute atomic E-state index is 1.07. The third-order valence-corrected chi connectivity index (χ3v) is 4.88. The van der Waals surface area contributed by atoms with Crippen molar-refractivity contribution in [3.63, 3.8) is 0 Å². The van der Waals surface area contributed by atoms with Gasteiger partial charge in [-0.3, -0.25) is 0 Å². The lowest BCUT2D eigenvalue weighted by molar-refractivity contribution is 1.10. The van der Waals surface area contributed by atoms with Crippen molar-refractivity contribution in [2.24, 2.45) is 0 Å². The molecule has 0 heterocycles. The fourth-order valence-electron chi connectivity index (χ4n) is 2.19. The van der Waals surface area contributed by atoms with E-state index in [2.05, 4.69) is 68.3 Å². The van der Waals surface area contributed by atoms with E-state index in [4.69, 9.17) is 0 Å². The van der Waals surface area contributed by atoms with E-state index in [1.165, 1.54) is 21.9 Å². The van der Waals surface area contributed by atoms with E-state index >= 15 is 0 Å². The molecule has 1 aliphatic carbocycles. The van der Waals surface area contributed by atoms with Gasteiger partial charge < -0.3 is 0 Å². The highest BCUT2D eigenvalue weighted by atomic mass is 79.9. The average Bonchev–Trinajstić information content (AvgIpc) is 2.28. The molecule has 2 aromatic rings. The first kappa shape index (κ1) is 10.5. The maximum atomic E-state index is 3.55. The van der Waals surface area contributed by atoms with Gasteiger partial charge in [-0.25, -0.2) is 0 Å². The van der Waals surface area contributed by atoms with Gasteiger partial charge in [-0.15, -0.1) is 0 Å². The number of benzene rings is 2. The van der Waals surface area contributed by atoms with Crippen molar-refractivity contribution in [3.05, 3.63) is 56.5 Å². The molecule has 2 aromatic carbocycles. The fraction of sp³-hybridized carbons (Fsp3) is 0.143. The first-order valence-corrected chi connectivity index (χ1v) is 6.88. The molecule has 0 spiro atoms. The van der Waals surface area contributed by atoms with Crippen LogP contribution in [-0.2, 0) is 12.8 Å². The number of hydrogen-bond acceptors (Lipinski definition) is 0. The van der Waals surface area contributed by atoms with E-state index in [1.807, 2.05) is 0 Å². The quantitative estimate of drug-likeness (QED) is 0.592. The Morgan fingerprint density at radius 1 is 0.688 bits per heavy atom. The zero-order chi connectivity index (χ0) is 11.1. The Balaban J connectivity index is 2.29. The van der Waals surface area contributed by atoms with Crippen LogP contribution in [0.2, 0.25) is 0 Å². The maximum absolute atomic E-state index is 3.55. The Labute approximate surface area is 112 Å². The monoisotopic (exact) mass is 336 g/mol. The minimum atomic E-state index is 1.07. The number of rotatable bonds is 0. The lowest BCUT2D eigenvalue weighted by atomic mass is 9.93. The van der Waals surface area contributed by atoms with Crippen molar-refractivity contribution >= 4 is 42.6 Å². The number of fused-ring (bicyclic) bond motifs is 2. The van der Waals surface area contributed by atoms with Crippen molar-refractivity contribution in [3.8, 4) is 0 Å². The summed E-state index contributed by atoms with van der Waals surface area (Å²) in [5.74, 6) is 0. The first-order valence-electron chi connectivity index (χ1n) is 5.29. The van der Waals surface area contributed by atoms with Crippen molar-refractivity contribution in [1.82, 2.24) is 0 Å². The van der Waals surface area contributed by atoms with Crippen LogP contribution in [0.4, 0.5) is 0 Å². The molecule has 0 radical (unpaired) electrons. The van der Waals surface area contributed by atoms with Crippen LogP contribution in [0.3, 0.4) is 0 Å². The zero-order valence-corrected chi connectivity index (χ0v) is 11.8. The molecule has 0 aliphatic heterocycles. The summed E-state index contributed by atoms with van der Waals surface area (Å²) < 4.78 is 2.23. The summed E-state index contributed by atoms with van der Waals surface area (Å²) in [6.45, 7) is 0. The van der Waals surface area contributed by atoms with E-state index in [0.717, 1.165) is 21.8 Å². The van der Waals surface area contributed by atoms with Crippen LogP contribution in [0.5, 0.6) is 0 Å². The molecule has 0 amide bonds. The highest BCUT2D eigenvalue weighted by Gasteiger charge is 2.08. The first-order chi connectivity index (χ1) is 7.74. The Kier molecular flexibility index (Phi) is 2.64. The van der Waals surface area contributed by atoms with Crippen LogP contribution >= 0.6 is 31.9 Å². The molecular formula is C14H10Br2. The number of halogens is 2. The standard InChI is InChI=1S/C14H10Br2/c15-13-7-11-5-9-3-1-2-4-10(9)6-12(11)8-14(13)16/h1-2,5-8H,3-4H2. The van der Waals surface area contributed by atoms with E-state index in [-0.39, 0.29) is 0 Å². The summed E-state index contributed by atoms with van der Waals surface area (Å²) >= 11 is 7.10. The smallest absolute Gasteiger partial charge is 0.0323 e. The highest BCUT2D eigenvalue weighted by Crippen LogP contribution is 2.31. The van der Waals surface area contributed by atoms with Crippen LogP contribution in [0, 0.1) is 0 Å². The SMILES string of the molecule is Brc1cc2cc3c(cc2cc1Br)CC=CC3. The predicted octanol–water partition coefficient (Wildman–Crippen LogP) is 5.02. The second-order valence-corrected chi connectivity index (χ2v) is 5.82. The Morgan fingerprint density at radius 2 is 1.12 bits per heavy atom. The van der Waals surface area contributed by atoms with Crippen LogP contribution < -0.4 is 0 Å². The lowest BCUT2D eigenvalue weighted by Gasteiger charge is -2.13. The van der Waals surface area contributed by atoms with Crippen LogP contribution in [0.15, 0.2) is 45.4 Å². The van der Waals surface area contributed by atoms with E-state index in [9.17, 15) is 0 Å². The molecule has 0 atom stereocenters. The molecule has 1 aliphatic rings. The molecule has 0 bridgehead atoms. The molecular weight excluding hydrogens is 328 g/mol. The summed E-state index contributed by atoms with van der Waals surface area (Å²) in [6, 6.07) is 8.98. The molecule has 3 rings (SSSR count). The molecule has 0 saturated carbocycles. The van der Waals surface area contributed by atoms with Crippen LogP contribution in [-0.4, -0.2) is 0 Å². The topological polar surface area (TPSA) is 0 Å². The van der Waals surface area contributed by atoms with Crippen molar-refractivity contribution in [2.75, 3.05) is 0 Å². The molecule has 0 aromatic heterocycles. The summed E-state index contributed by atoms with van der Waals surface area (Å²) in [4.78, 5) is 0. The van der Waals surface area contributed by atoms with Gasteiger partial charge in [-0.1, -0.05) is 24.3 Å². The average molecular weight is 338 g/mol. The lowest BCUT2D eigenvalue weighted by Crippen LogP contribution is -1.97. The van der Waals surface area contributed by atoms with Gasteiger partial charge in [-0.2, -0.15) is 0 Å². The zero-order valence-electron chi connectivity index (χ0n) is 8.63. The van der Waals surface area contributed by atoms with Gasteiger partial charge in [0.25, 0.3) is 0 Å². The van der Waals surface area contributed by atoms with E-state index in [1.54, 1.807) is 0 Å². The van der Waals surface area contributed by atoms with Crippen LogP contribution in [0.25, 0.3) is 10.8 Å². The second-order valence-electron chi connectivity index (χ2n) is 4.11. The number of hydrogen-bond donors (Lipinski definition) is 0. The third kappa shape index (κ3) is 1.74. The van der Waals surface area contributed by atoms with E-state index < -0.39 is 0 Å². The maximum Gasteiger partial charge on any atom is 0.0323 e.